The highest BCUT2D eigenvalue weighted by Crippen LogP contribution is 2.45. The molecule has 1 saturated heterocycles. The Balaban J connectivity index is 1.59. The van der Waals surface area contributed by atoms with Crippen LogP contribution in [-0.2, 0) is 11.3 Å². The van der Waals surface area contributed by atoms with Crippen LogP contribution >= 0.6 is 11.6 Å². The van der Waals surface area contributed by atoms with Gasteiger partial charge in [-0.1, -0.05) is 41.9 Å². The van der Waals surface area contributed by atoms with Crippen molar-refractivity contribution in [2.45, 2.75) is 31.6 Å². The molecular formula is C18H19ClN4O3. The Labute approximate surface area is 156 Å². The molecular weight excluding hydrogens is 356 g/mol. The molecule has 0 radical (unpaired) electrons. The molecule has 8 heteroatoms. The Morgan fingerprint density at radius 3 is 2.88 bits per heavy atom. The average Bonchev–Trinajstić information content (AvgIpc) is 2.97. The lowest BCUT2D eigenvalue weighted by atomic mass is 9.94. The Hall–Kier alpha value is -2.38. The number of nitrogens with zero attached hydrogens (tertiary/aromatic N) is 4. The first kappa shape index (κ1) is 17.1. The van der Waals surface area contributed by atoms with Gasteiger partial charge >= 0.3 is 6.09 Å². The van der Waals surface area contributed by atoms with Crippen molar-refractivity contribution < 1.29 is 14.6 Å². The molecule has 1 fully saturated rings. The van der Waals surface area contributed by atoms with Crippen LogP contribution in [0.3, 0.4) is 0 Å². The molecule has 1 N–H and O–H groups in total. The van der Waals surface area contributed by atoms with E-state index in [0.717, 1.165) is 12.0 Å². The summed E-state index contributed by atoms with van der Waals surface area (Å²) in [7, 11) is 0. The van der Waals surface area contributed by atoms with Crippen LogP contribution in [0.5, 0.6) is 0 Å². The van der Waals surface area contributed by atoms with Crippen molar-refractivity contribution in [3.05, 3.63) is 47.1 Å². The van der Waals surface area contributed by atoms with Crippen LogP contribution in [0.25, 0.3) is 0 Å². The van der Waals surface area contributed by atoms with Crippen LogP contribution in [0.1, 0.15) is 18.9 Å². The third kappa shape index (κ3) is 2.97. The standard InChI is InChI=1S/C18H19ClN4O3/c1-18-8-13(26-10-12-5-3-2-4-6-12)9-23(18)14-7-15(19)20-21-16(14)22(11-18)17(24)25/h2-7,13H,8-11H2,1H3,(H,24,25)/t13-,18-/m1/s1. The molecule has 0 aliphatic carbocycles. The number of carbonyl (C=O) groups is 1. The lowest BCUT2D eigenvalue weighted by Gasteiger charge is -2.44. The van der Waals surface area contributed by atoms with E-state index in [0.29, 0.717) is 31.2 Å². The molecule has 7 nitrogen and oxygen atoms in total. The lowest BCUT2D eigenvalue weighted by molar-refractivity contribution is 0.0503. The summed E-state index contributed by atoms with van der Waals surface area (Å²) < 4.78 is 6.11. The van der Waals surface area contributed by atoms with Crippen molar-refractivity contribution in [2.24, 2.45) is 0 Å². The summed E-state index contributed by atoms with van der Waals surface area (Å²) in [4.78, 5) is 15.1. The predicted octanol–water partition coefficient (Wildman–Crippen LogP) is 3.18. The van der Waals surface area contributed by atoms with Crippen LogP contribution < -0.4 is 9.80 Å². The van der Waals surface area contributed by atoms with E-state index >= 15 is 0 Å². The van der Waals surface area contributed by atoms with Crippen LogP contribution in [-0.4, -0.2) is 46.1 Å². The second kappa shape index (κ2) is 6.41. The van der Waals surface area contributed by atoms with E-state index in [9.17, 15) is 9.90 Å². The summed E-state index contributed by atoms with van der Waals surface area (Å²) >= 11 is 6.02. The summed E-state index contributed by atoms with van der Waals surface area (Å²) in [5, 5.41) is 17.6. The fourth-order valence-corrected chi connectivity index (χ4v) is 3.99. The molecule has 2 aliphatic heterocycles. The Bertz CT molecular complexity index is 834. The molecule has 26 heavy (non-hydrogen) atoms. The maximum Gasteiger partial charge on any atom is 0.413 e. The van der Waals surface area contributed by atoms with Gasteiger partial charge in [0.25, 0.3) is 0 Å². The zero-order valence-corrected chi connectivity index (χ0v) is 15.1. The number of anilines is 2. The molecule has 0 unspecified atom stereocenters. The number of aromatic nitrogens is 2. The minimum atomic E-state index is -1.04. The fourth-order valence-electron chi connectivity index (χ4n) is 3.85. The number of carboxylic acid groups (broad SMARTS) is 1. The number of fused-ring (bicyclic) bond motifs is 3. The zero-order chi connectivity index (χ0) is 18.3. The molecule has 1 aromatic carbocycles. The van der Waals surface area contributed by atoms with E-state index in [1.54, 1.807) is 6.07 Å². The van der Waals surface area contributed by atoms with Crippen molar-refractivity contribution in [1.82, 2.24) is 10.2 Å². The third-order valence-corrected chi connectivity index (χ3v) is 5.22. The highest BCUT2D eigenvalue weighted by molar-refractivity contribution is 6.29. The van der Waals surface area contributed by atoms with Gasteiger partial charge in [-0.2, -0.15) is 0 Å². The first-order valence-electron chi connectivity index (χ1n) is 8.43. The quantitative estimate of drug-likeness (QED) is 0.888. The monoisotopic (exact) mass is 374 g/mol. The van der Waals surface area contributed by atoms with Crippen LogP contribution in [0.15, 0.2) is 36.4 Å². The maximum atomic E-state index is 11.7. The topological polar surface area (TPSA) is 78.8 Å². The SMILES string of the molecule is C[C@]12C[C@@H](OCc3ccccc3)CN1c1cc(Cl)nnc1N(C(=O)O)C2. The second-order valence-electron chi connectivity index (χ2n) is 6.97. The fraction of sp³-hybridized carbons (Fsp3) is 0.389. The van der Waals surface area contributed by atoms with E-state index in [4.69, 9.17) is 16.3 Å². The smallest absolute Gasteiger partial charge is 0.413 e. The van der Waals surface area contributed by atoms with Gasteiger partial charge in [0.1, 0.15) is 0 Å². The minimum absolute atomic E-state index is 0.00579. The maximum absolute atomic E-state index is 11.7. The van der Waals surface area contributed by atoms with Gasteiger partial charge in [-0.25, -0.2) is 4.79 Å². The van der Waals surface area contributed by atoms with E-state index in [1.807, 2.05) is 37.3 Å². The zero-order valence-electron chi connectivity index (χ0n) is 14.3. The normalized spacial score (nSPS) is 24.3. The average molecular weight is 375 g/mol. The van der Waals surface area contributed by atoms with Crippen LogP contribution in [0.4, 0.5) is 16.3 Å². The van der Waals surface area contributed by atoms with E-state index in [-0.39, 0.29) is 16.8 Å². The van der Waals surface area contributed by atoms with Gasteiger partial charge in [0.05, 0.1) is 30.5 Å². The van der Waals surface area contributed by atoms with Crippen molar-refractivity contribution in [1.29, 1.82) is 0 Å². The Morgan fingerprint density at radius 2 is 2.15 bits per heavy atom. The number of rotatable bonds is 3. The summed E-state index contributed by atoms with van der Waals surface area (Å²) in [6.07, 6.45) is -0.325. The highest BCUT2D eigenvalue weighted by atomic mass is 35.5. The van der Waals surface area contributed by atoms with Gasteiger partial charge in [0.2, 0.25) is 0 Å². The predicted molar refractivity (Wildman–Crippen MR) is 97.8 cm³/mol. The van der Waals surface area contributed by atoms with Gasteiger partial charge in [0, 0.05) is 12.6 Å². The van der Waals surface area contributed by atoms with Gasteiger partial charge in [0.15, 0.2) is 11.0 Å². The number of amides is 1. The Morgan fingerprint density at radius 1 is 1.38 bits per heavy atom. The Kier molecular flexibility index (Phi) is 4.20. The number of ether oxygens (including phenoxy) is 1. The van der Waals surface area contributed by atoms with E-state index in [2.05, 4.69) is 15.1 Å². The molecule has 0 saturated carbocycles. The summed E-state index contributed by atoms with van der Waals surface area (Å²) in [5.41, 5.74) is 1.43. The van der Waals surface area contributed by atoms with Crippen LogP contribution in [0, 0.1) is 0 Å². The first-order chi connectivity index (χ1) is 12.5. The molecule has 3 heterocycles. The van der Waals surface area contributed by atoms with Gasteiger partial charge < -0.3 is 14.7 Å². The summed E-state index contributed by atoms with van der Waals surface area (Å²) in [5.74, 6) is 0.322. The van der Waals surface area contributed by atoms with Crippen molar-refractivity contribution in [2.75, 3.05) is 22.9 Å². The molecule has 136 valence electrons. The number of benzene rings is 1. The summed E-state index contributed by atoms with van der Waals surface area (Å²) in [6.45, 7) is 3.55. The second-order valence-corrected chi connectivity index (χ2v) is 7.36. The molecule has 1 aromatic heterocycles. The lowest BCUT2D eigenvalue weighted by Crippen LogP contribution is -2.56. The summed E-state index contributed by atoms with van der Waals surface area (Å²) in [6, 6.07) is 11.7. The molecule has 2 atom stereocenters. The van der Waals surface area contributed by atoms with Gasteiger partial charge in [-0.05, 0) is 18.9 Å². The van der Waals surface area contributed by atoms with Crippen LogP contribution in [0.2, 0.25) is 5.15 Å². The molecule has 2 aromatic rings. The highest BCUT2D eigenvalue weighted by Gasteiger charge is 2.49. The minimum Gasteiger partial charge on any atom is -0.465 e. The number of hydrogen-bond donors (Lipinski definition) is 1. The van der Waals surface area contributed by atoms with E-state index < -0.39 is 6.09 Å². The largest absolute Gasteiger partial charge is 0.465 e. The molecule has 1 amide bonds. The molecule has 2 aliphatic rings. The molecule has 0 bridgehead atoms. The van der Waals surface area contributed by atoms with Crippen molar-refractivity contribution >= 4 is 29.2 Å². The number of hydrogen-bond acceptors (Lipinski definition) is 5. The third-order valence-electron chi connectivity index (χ3n) is 5.04. The van der Waals surface area contributed by atoms with Crippen molar-refractivity contribution in [3.8, 4) is 0 Å². The van der Waals surface area contributed by atoms with Gasteiger partial charge in [-0.3, -0.25) is 4.90 Å². The molecule has 4 rings (SSSR count). The molecule has 0 spiro atoms. The van der Waals surface area contributed by atoms with E-state index in [1.165, 1.54) is 4.90 Å². The number of halogens is 1. The van der Waals surface area contributed by atoms with Crippen molar-refractivity contribution in [3.63, 3.8) is 0 Å². The first-order valence-corrected chi connectivity index (χ1v) is 8.81. The van der Waals surface area contributed by atoms with Gasteiger partial charge in [-0.15, -0.1) is 10.2 Å².